The van der Waals surface area contributed by atoms with Crippen LogP contribution in [-0.2, 0) is 10.5 Å². The number of methoxy groups -OCH3 is 1. The zero-order valence-corrected chi connectivity index (χ0v) is 16.3. The number of pyridine rings is 1. The first kappa shape index (κ1) is 20.8. The van der Waals surface area contributed by atoms with Crippen LogP contribution in [0.3, 0.4) is 0 Å². The first-order valence-electron chi connectivity index (χ1n) is 8.50. The molecule has 1 heterocycles. The fourth-order valence-corrected chi connectivity index (χ4v) is 3.61. The van der Waals surface area contributed by atoms with Crippen LogP contribution in [0.5, 0.6) is 11.5 Å². The topological polar surface area (TPSA) is 68.7 Å². The predicted molar refractivity (Wildman–Crippen MR) is 102 cm³/mol. The van der Waals surface area contributed by atoms with Crippen LogP contribution in [0.15, 0.2) is 35.4 Å². The van der Waals surface area contributed by atoms with Crippen molar-refractivity contribution < 1.29 is 32.5 Å². The second-order valence-electron chi connectivity index (χ2n) is 5.88. The molecule has 29 heavy (non-hydrogen) atoms. The van der Waals surface area contributed by atoms with Crippen molar-refractivity contribution in [2.45, 2.75) is 17.7 Å². The summed E-state index contributed by atoms with van der Waals surface area (Å²) in [6.45, 7) is 1.59. The Labute approximate surface area is 168 Å². The normalized spacial score (nSPS) is 10.9. The molecule has 0 atom stereocenters. The Morgan fingerprint density at radius 1 is 1.17 bits per heavy atom. The van der Waals surface area contributed by atoms with E-state index in [9.17, 15) is 23.1 Å². The number of benzene rings is 2. The molecule has 0 saturated heterocycles. The Bertz CT molecular complexity index is 1070. The average molecular weight is 423 g/mol. The van der Waals surface area contributed by atoms with Crippen molar-refractivity contribution in [3.63, 3.8) is 0 Å². The molecule has 1 N–H and O–H groups in total. The molecule has 0 radical (unpaired) electrons. The minimum atomic E-state index is -1.71. The summed E-state index contributed by atoms with van der Waals surface area (Å²) in [5, 5.41) is 10.0. The van der Waals surface area contributed by atoms with E-state index in [1.807, 2.05) is 0 Å². The standard InChI is InChI=1S/C20H16F3NO4S/c1-3-28-20(26)14-18(25)12-8-13(21)15(22)16(23)17(12)24-19(14)29-9-10-4-6-11(27-2)7-5-10/h4-8H,3,9H2,1-2H3,(H,24,25). The smallest absolute Gasteiger partial charge is 0.344 e. The Morgan fingerprint density at radius 3 is 2.48 bits per heavy atom. The maximum absolute atomic E-state index is 14.2. The summed E-state index contributed by atoms with van der Waals surface area (Å²) >= 11 is 1.02. The molecule has 1 aromatic heterocycles. The highest BCUT2D eigenvalue weighted by Gasteiger charge is 2.26. The average Bonchev–Trinajstić information content (AvgIpc) is 2.72. The third-order valence-electron chi connectivity index (χ3n) is 4.07. The molecule has 0 aliphatic rings. The van der Waals surface area contributed by atoms with Crippen LogP contribution >= 0.6 is 11.8 Å². The number of thioether (sulfide) groups is 1. The molecule has 0 spiro atoms. The van der Waals surface area contributed by atoms with Crippen molar-refractivity contribution in [1.29, 1.82) is 0 Å². The molecule has 0 bridgehead atoms. The van der Waals surface area contributed by atoms with E-state index in [0.29, 0.717) is 17.6 Å². The lowest BCUT2D eigenvalue weighted by Gasteiger charge is -2.13. The van der Waals surface area contributed by atoms with Crippen molar-refractivity contribution in [3.8, 4) is 11.5 Å². The van der Waals surface area contributed by atoms with Gasteiger partial charge in [-0.1, -0.05) is 12.1 Å². The van der Waals surface area contributed by atoms with Gasteiger partial charge in [-0.25, -0.2) is 22.9 Å². The van der Waals surface area contributed by atoms with Gasteiger partial charge in [0.15, 0.2) is 17.5 Å². The van der Waals surface area contributed by atoms with E-state index in [-0.39, 0.29) is 17.2 Å². The van der Waals surface area contributed by atoms with Gasteiger partial charge in [0.05, 0.1) is 13.7 Å². The molecule has 5 nitrogen and oxygen atoms in total. The van der Waals surface area contributed by atoms with Crippen LogP contribution in [0, 0.1) is 17.5 Å². The third kappa shape index (κ3) is 4.09. The zero-order valence-electron chi connectivity index (χ0n) is 15.5. The predicted octanol–water partition coefficient (Wildman–Crippen LogP) is 4.84. The first-order valence-corrected chi connectivity index (χ1v) is 9.48. The number of halogens is 3. The molecule has 0 amide bonds. The van der Waals surface area contributed by atoms with E-state index >= 15 is 0 Å². The summed E-state index contributed by atoms with van der Waals surface area (Å²) in [4.78, 5) is 16.3. The molecule has 3 rings (SSSR count). The molecular weight excluding hydrogens is 407 g/mol. The van der Waals surface area contributed by atoms with Gasteiger partial charge < -0.3 is 14.6 Å². The highest BCUT2D eigenvalue weighted by Crippen LogP contribution is 2.38. The molecule has 2 aromatic carbocycles. The van der Waals surface area contributed by atoms with E-state index in [4.69, 9.17) is 9.47 Å². The molecule has 152 valence electrons. The van der Waals surface area contributed by atoms with Crippen molar-refractivity contribution in [1.82, 2.24) is 4.98 Å². The summed E-state index contributed by atoms with van der Waals surface area (Å²) in [6, 6.07) is 7.64. The number of nitrogens with zero attached hydrogens (tertiary/aromatic N) is 1. The van der Waals surface area contributed by atoms with Gasteiger partial charge >= 0.3 is 5.97 Å². The molecule has 0 fully saturated rings. The van der Waals surface area contributed by atoms with Crippen molar-refractivity contribution in [2.75, 3.05) is 13.7 Å². The van der Waals surface area contributed by atoms with Crippen molar-refractivity contribution >= 4 is 28.6 Å². The fraction of sp³-hybridized carbons (Fsp3) is 0.200. The lowest BCUT2D eigenvalue weighted by atomic mass is 10.1. The van der Waals surface area contributed by atoms with Gasteiger partial charge in [-0.15, -0.1) is 11.8 Å². The van der Waals surface area contributed by atoms with E-state index in [0.717, 1.165) is 17.3 Å². The molecule has 0 aliphatic heterocycles. The van der Waals surface area contributed by atoms with E-state index < -0.39 is 40.1 Å². The minimum Gasteiger partial charge on any atom is -0.506 e. The third-order valence-corrected chi connectivity index (χ3v) is 5.12. The van der Waals surface area contributed by atoms with Gasteiger partial charge in [0.2, 0.25) is 0 Å². The van der Waals surface area contributed by atoms with Gasteiger partial charge in [-0.2, -0.15) is 0 Å². The maximum atomic E-state index is 14.2. The second kappa shape index (κ2) is 8.60. The Morgan fingerprint density at radius 2 is 1.86 bits per heavy atom. The lowest BCUT2D eigenvalue weighted by Crippen LogP contribution is -2.09. The van der Waals surface area contributed by atoms with E-state index in [2.05, 4.69) is 4.98 Å². The molecular formula is C20H16F3NO4S. The van der Waals surface area contributed by atoms with Crippen molar-refractivity contribution in [3.05, 3.63) is 58.9 Å². The van der Waals surface area contributed by atoms with Gasteiger partial charge in [0, 0.05) is 11.1 Å². The summed E-state index contributed by atoms with van der Waals surface area (Å²) in [7, 11) is 1.54. The fourth-order valence-electron chi connectivity index (χ4n) is 2.63. The number of hydrogen-bond acceptors (Lipinski definition) is 6. The van der Waals surface area contributed by atoms with E-state index in [1.165, 1.54) is 7.11 Å². The minimum absolute atomic E-state index is 0.0189. The number of esters is 1. The van der Waals surface area contributed by atoms with Gasteiger partial charge in [0.1, 0.15) is 27.6 Å². The lowest BCUT2D eigenvalue weighted by molar-refractivity contribution is 0.0518. The van der Waals surface area contributed by atoms with Crippen LogP contribution in [-0.4, -0.2) is 29.8 Å². The zero-order chi connectivity index (χ0) is 21.1. The maximum Gasteiger partial charge on any atom is 0.344 e. The number of fused-ring (bicyclic) bond motifs is 1. The van der Waals surface area contributed by atoms with Crippen LogP contribution in [0.2, 0.25) is 0 Å². The van der Waals surface area contributed by atoms with E-state index in [1.54, 1.807) is 31.2 Å². The largest absolute Gasteiger partial charge is 0.506 e. The highest BCUT2D eigenvalue weighted by atomic mass is 32.2. The Hall–Kier alpha value is -2.94. The summed E-state index contributed by atoms with van der Waals surface area (Å²) < 4.78 is 51.5. The molecule has 0 saturated carbocycles. The summed E-state index contributed by atoms with van der Waals surface area (Å²) in [5.41, 5.74) is -0.0762. The molecule has 0 aliphatic carbocycles. The van der Waals surface area contributed by atoms with Crippen LogP contribution in [0.25, 0.3) is 10.9 Å². The van der Waals surface area contributed by atoms with Crippen LogP contribution < -0.4 is 4.74 Å². The quantitative estimate of drug-likeness (QED) is 0.348. The van der Waals surface area contributed by atoms with Gasteiger partial charge in [-0.3, -0.25) is 0 Å². The number of carbonyl (C=O) groups excluding carboxylic acids is 1. The summed E-state index contributed by atoms with van der Waals surface area (Å²) in [5.74, 6) is -5.41. The molecule has 3 aromatic rings. The van der Waals surface area contributed by atoms with Gasteiger partial charge in [0.25, 0.3) is 0 Å². The number of aromatic nitrogens is 1. The second-order valence-corrected chi connectivity index (χ2v) is 6.84. The number of aromatic hydroxyl groups is 1. The summed E-state index contributed by atoms with van der Waals surface area (Å²) in [6.07, 6.45) is 0. The monoisotopic (exact) mass is 423 g/mol. The number of carbonyl (C=O) groups is 1. The Balaban J connectivity index is 2.09. The Kier molecular flexibility index (Phi) is 6.17. The number of ether oxygens (including phenoxy) is 2. The van der Waals surface area contributed by atoms with Gasteiger partial charge in [-0.05, 0) is 30.7 Å². The number of hydrogen-bond donors (Lipinski definition) is 1. The van der Waals surface area contributed by atoms with Crippen molar-refractivity contribution in [2.24, 2.45) is 0 Å². The van der Waals surface area contributed by atoms with Crippen LogP contribution in [0.4, 0.5) is 13.2 Å². The molecule has 0 unspecified atom stereocenters. The SMILES string of the molecule is CCOC(=O)c1c(SCc2ccc(OC)cc2)nc2c(F)c(F)c(F)cc2c1O. The number of rotatable bonds is 6. The molecule has 9 heteroatoms. The van der Waals surface area contributed by atoms with Crippen LogP contribution in [0.1, 0.15) is 22.8 Å². The highest BCUT2D eigenvalue weighted by molar-refractivity contribution is 7.98. The first-order chi connectivity index (χ1) is 13.9.